The summed E-state index contributed by atoms with van der Waals surface area (Å²) in [4.78, 5) is 11.9. The molecule has 15 heavy (non-hydrogen) atoms. The van der Waals surface area contributed by atoms with Crippen LogP contribution in [-0.4, -0.2) is 31.7 Å². The summed E-state index contributed by atoms with van der Waals surface area (Å²) in [5, 5.41) is 0. The minimum Gasteiger partial charge on any atom is -0.376 e. The fourth-order valence-electron chi connectivity index (χ4n) is 1.44. The molecule has 1 atom stereocenters. The van der Waals surface area contributed by atoms with Crippen LogP contribution in [0.2, 0.25) is 0 Å². The van der Waals surface area contributed by atoms with Gasteiger partial charge in [0.2, 0.25) is 0 Å². The first-order valence-electron chi connectivity index (χ1n) is 4.76. The van der Waals surface area contributed by atoms with Gasteiger partial charge in [0.25, 0.3) is 0 Å². The molecule has 1 fully saturated rings. The Kier molecular flexibility index (Phi) is 3.51. The second-order valence-electron chi connectivity index (χ2n) is 3.31. The first-order valence-corrected chi connectivity index (χ1v) is 5.56. The summed E-state index contributed by atoms with van der Waals surface area (Å²) in [5.41, 5.74) is 0.661. The third kappa shape index (κ3) is 2.65. The standard InChI is InChI=1S/C11H11BrO3/c12-9-3-1-8(2-4-9)11(13)10-7-14-5-6-15-10/h1-4,10H,5-7H2. The molecule has 80 valence electrons. The summed E-state index contributed by atoms with van der Waals surface area (Å²) in [5.74, 6) is -0.0119. The van der Waals surface area contributed by atoms with Crippen LogP contribution in [-0.2, 0) is 9.47 Å². The number of carbonyl (C=O) groups is 1. The van der Waals surface area contributed by atoms with Crippen molar-refractivity contribution in [3.8, 4) is 0 Å². The molecule has 0 saturated carbocycles. The minimum atomic E-state index is -0.445. The Balaban J connectivity index is 2.09. The highest BCUT2D eigenvalue weighted by Gasteiger charge is 2.23. The average molecular weight is 271 g/mol. The normalized spacial score (nSPS) is 21.3. The van der Waals surface area contributed by atoms with Crippen LogP contribution < -0.4 is 0 Å². The Morgan fingerprint density at radius 1 is 1.27 bits per heavy atom. The van der Waals surface area contributed by atoms with E-state index in [1.165, 1.54) is 0 Å². The van der Waals surface area contributed by atoms with Gasteiger partial charge in [-0.1, -0.05) is 28.1 Å². The number of rotatable bonds is 2. The van der Waals surface area contributed by atoms with E-state index in [9.17, 15) is 4.79 Å². The summed E-state index contributed by atoms with van der Waals surface area (Å²) in [6.07, 6.45) is -0.445. The number of ketones is 1. The highest BCUT2D eigenvalue weighted by Crippen LogP contribution is 2.14. The van der Waals surface area contributed by atoms with E-state index in [0.29, 0.717) is 25.4 Å². The maximum absolute atomic E-state index is 11.9. The molecule has 1 saturated heterocycles. The lowest BCUT2D eigenvalue weighted by atomic mass is 10.1. The molecule has 0 radical (unpaired) electrons. The Morgan fingerprint density at radius 2 is 2.00 bits per heavy atom. The van der Waals surface area contributed by atoms with E-state index in [1.807, 2.05) is 12.1 Å². The SMILES string of the molecule is O=C(c1ccc(Br)cc1)C1COCCO1. The predicted molar refractivity (Wildman–Crippen MR) is 59.0 cm³/mol. The van der Waals surface area contributed by atoms with Crippen LogP contribution in [0.4, 0.5) is 0 Å². The molecule has 1 heterocycles. The van der Waals surface area contributed by atoms with Crippen molar-refractivity contribution in [1.82, 2.24) is 0 Å². The first kappa shape index (κ1) is 10.8. The zero-order valence-corrected chi connectivity index (χ0v) is 9.70. The van der Waals surface area contributed by atoms with Gasteiger partial charge >= 0.3 is 0 Å². The Hall–Kier alpha value is -0.710. The zero-order valence-electron chi connectivity index (χ0n) is 8.11. The molecule has 0 amide bonds. The van der Waals surface area contributed by atoms with Crippen molar-refractivity contribution in [2.24, 2.45) is 0 Å². The van der Waals surface area contributed by atoms with Crippen LogP contribution in [0.25, 0.3) is 0 Å². The van der Waals surface area contributed by atoms with Gasteiger partial charge in [-0.25, -0.2) is 0 Å². The Bertz CT molecular complexity index is 341. The molecule has 0 aliphatic carbocycles. The van der Waals surface area contributed by atoms with E-state index in [4.69, 9.17) is 9.47 Å². The molecule has 4 heteroatoms. The van der Waals surface area contributed by atoms with Gasteiger partial charge < -0.3 is 9.47 Å². The van der Waals surface area contributed by atoms with E-state index in [2.05, 4.69) is 15.9 Å². The maximum Gasteiger partial charge on any atom is 0.193 e. The van der Waals surface area contributed by atoms with Gasteiger partial charge in [0, 0.05) is 10.0 Å². The lowest BCUT2D eigenvalue weighted by Gasteiger charge is -2.21. The molecule has 1 unspecified atom stereocenters. The smallest absolute Gasteiger partial charge is 0.193 e. The van der Waals surface area contributed by atoms with E-state index >= 15 is 0 Å². The monoisotopic (exact) mass is 270 g/mol. The van der Waals surface area contributed by atoms with Crippen LogP contribution in [0.5, 0.6) is 0 Å². The number of Topliss-reactive ketones (excluding diaryl/α,β-unsaturated/α-hetero) is 1. The Morgan fingerprint density at radius 3 is 2.60 bits per heavy atom. The molecule has 0 N–H and O–H groups in total. The summed E-state index contributed by atoms with van der Waals surface area (Å²) < 4.78 is 11.5. The molecular weight excluding hydrogens is 260 g/mol. The average Bonchev–Trinajstić information content (AvgIpc) is 2.30. The van der Waals surface area contributed by atoms with Crippen molar-refractivity contribution in [3.05, 3.63) is 34.3 Å². The third-order valence-electron chi connectivity index (χ3n) is 2.24. The van der Waals surface area contributed by atoms with E-state index in [-0.39, 0.29) is 5.78 Å². The number of ether oxygens (including phenoxy) is 2. The molecule has 3 nitrogen and oxygen atoms in total. The third-order valence-corrected chi connectivity index (χ3v) is 2.77. The highest BCUT2D eigenvalue weighted by atomic mass is 79.9. The van der Waals surface area contributed by atoms with Gasteiger partial charge in [0.1, 0.15) is 6.10 Å². The molecule has 0 spiro atoms. The lowest BCUT2D eigenvalue weighted by molar-refractivity contribution is -0.0719. The largest absolute Gasteiger partial charge is 0.376 e. The fraction of sp³-hybridized carbons (Fsp3) is 0.364. The molecular formula is C11H11BrO3. The van der Waals surface area contributed by atoms with E-state index < -0.39 is 6.10 Å². The molecule has 1 aliphatic rings. The molecule has 1 aromatic rings. The Labute approximate surface area is 96.5 Å². The van der Waals surface area contributed by atoms with Crippen molar-refractivity contribution in [2.45, 2.75) is 6.10 Å². The summed E-state index contributed by atoms with van der Waals surface area (Å²) in [7, 11) is 0. The van der Waals surface area contributed by atoms with Crippen LogP contribution in [0, 0.1) is 0 Å². The van der Waals surface area contributed by atoms with Gasteiger partial charge in [-0.15, -0.1) is 0 Å². The summed E-state index contributed by atoms with van der Waals surface area (Å²) >= 11 is 3.32. The van der Waals surface area contributed by atoms with Gasteiger partial charge in [0.05, 0.1) is 19.8 Å². The number of benzene rings is 1. The van der Waals surface area contributed by atoms with Gasteiger partial charge in [-0.2, -0.15) is 0 Å². The second-order valence-corrected chi connectivity index (χ2v) is 4.22. The number of carbonyl (C=O) groups excluding carboxylic acids is 1. The van der Waals surface area contributed by atoms with Crippen LogP contribution in [0.15, 0.2) is 28.7 Å². The lowest BCUT2D eigenvalue weighted by Crippen LogP contribution is -2.35. The topological polar surface area (TPSA) is 35.5 Å². The van der Waals surface area contributed by atoms with Crippen LogP contribution >= 0.6 is 15.9 Å². The first-order chi connectivity index (χ1) is 7.27. The molecule has 0 bridgehead atoms. The fourth-order valence-corrected chi connectivity index (χ4v) is 1.70. The van der Waals surface area contributed by atoms with Crippen LogP contribution in [0.3, 0.4) is 0 Å². The van der Waals surface area contributed by atoms with Crippen molar-refractivity contribution >= 4 is 21.7 Å². The predicted octanol–water partition coefficient (Wildman–Crippen LogP) is 2.05. The maximum atomic E-state index is 11.9. The molecule has 1 aliphatic heterocycles. The highest BCUT2D eigenvalue weighted by molar-refractivity contribution is 9.10. The number of hydrogen-bond acceptors (Lipinski definition) is 3. The van der Waals surface area contributed by atoms with Gasteiger partial charge in [0.15, 0.2) is 5.78 Å². The van der Waals surface area contributed by atoms with E-state index in [1.54, 1.807) is 12.1 Å². The van der Waals surface area contributed by atoms with Gasteiger partial charge in [-0.3, -0.25) is 4.79 Å². The molecule has 1 aromatic carbocycles. The van der Waals surface area contributed by atoms with Gasteiger partial charge in [-0.05, 0) is 12.1 Å². The van der Waals surface area contributed by atoms with Crippen molar-refractivity contribution < 1.29 is 14.3 Å². The van der Waals surface area contributed by atoms with E-state index in [0.717, 1.165) is 4.47 Å². The van der Waals surface area contributed by atoms with Crippen molar-refractivity contribution in [3.63, 3.8) is 0 Å². The second kappa shape index (κ2) is 4.88. The van der Waals surface area contributed by atoms with Crippen LogP contribution in [0.1, 0.15) is 10.4 Å². The summed E-state index contributed by atoms with van der Waals surface area (Å²) in [6, 6.07) is 7.25. The molecule has 0 aromatic heterocycles. The number of hydrogen-bond donors (Lipinski definition) is 0. The summed E-state index contributed by atoms with van der Waals surface area (Å²) in [6.45, 7) is 1.42. The van der Waals surface area contributed by atoms with Crippen molar-refractivity contribution in [1.29, 1.82) is 0 Å². The zero-order chi connectivity index (χ0) is 10.7. The minimum absolute atomic E-state index is 0.0119. The van der Waals surface area contributed by atoms with Crippen molar-refractivity contribution in [2.75, 3.05) is 19.8 Å². The number of halogens is 1. The molecule has 2 rings (SSSR count). The quantitative estimate of drug-likeness (QED) is 0.772.